The molecule has 0 saturated carbocycles. The summed E-state index contributed by atoms with van der Waals surface area (Å²) >= 11 is 1.22. The van der Waals surface area contributed by atoms with Gasteiger partial charge >= 0.3 is 0 Å². The topological polar surface area (TPSA) is 73.1 Å². The van der Waals surface area contributed by atoms with E-state index in [9.17, 15) is 0 Å². The van der Waals surface area contributed by atoms with E-state index in [1.165, 1.54) is 11.7 Å². The van der Waals surface area contributed by atoms with Gasteiger partial charge in [0.05, 0.1) is 29.7 Å². The predicted octanol–water partition coefficient (Wildman–Crippen LogP) is 0.469. The molecule has 0 aromatic carbocycles. The molecule has 14 heavy (non-hydrogen) atoms. The Morgan fingerprint density at radius 1 is 1.57 bits per heavy atom. The van der Waals surface area contributed by atoms with E-state index in [1.807, 2.05) is 0 Å². The van der Waals surface area contributed by atoms with E-state index in [4.69, 9.17) is 10.6 Å². The van der Waals surface area contributed by atoms with Crippen LogP contribution in [0.4, 0.5) is 0 Å². The monoisotopic (exact) mass is 214 g/mol. The standard InChI is InChI=1S/C8H14N4OS/c9-11-8(7-5-10-14-12-7)6-1-3-13-4-2-6/h5-6,8,11H,1-4,9H2. The molecule has 2 heterocycles. The van der Waals surface area contributed by atoms with Crippen molar-refractivity contribution in [3.8, 4) is 0 Å². The summed E-state index contributed by atoms with van der Waals surface area (Å²) < 4.78 is 13.5. The molecular formula is C8H14N4OS. The van der Waals surface area contributed by atoms with Gasteiger partial charge in [-0.1, -0.05) is 0 Å². The number of nitrogens with two attached hydrogens (primary N) is 1. The van der Waals surface area contributed by atoms with Gasteiger partial charge in [-0.15, -0.1) is 0 Å². The van der Waals surface area contributed by atoms with E-state index in [0.717, 1.165) is 31.7 Å². The lowest BCUT2D eigenvalue weighted by molar-refractivity contribution is 0.0532. The molecule has 2 rings (SSSR count). The zero-order valence-corrected chi connectivity index (χ0v) is 8.67. The lowest BCUT2D eigenvalue weighted by Gasteiger charge is -2.28. The Hall–Kier alpha value is -0.560. The molecule has 78 valence electrons. The highest BCUT2D eigenvalue weighted by atomic mass is 32.1. The molecule has 6 heteroatoms. The molecule has 0 radical (unpaired) electrons. The lowest BCUT2D eigenvalue weighted by Crippen LogP contribution is -2.36. The number of nitrogens with one attached hydrogen (secondary N) is 1. The molecule has 1 atom stereocenters. The van der Waals surface area contributed by atoms with Gasteiger partial charge in [-0.25, -0.2) is 0 Å². The fourth-order valence-corrected chi connectivity index (χ4v) is 2.28. The first-order valence-corrected chi connectivity index (χ1v) is 5.46. The fraction of sp³-hybridized carbons (Fsp3) is 0.750. The summed E-state index contributed by atoms with van der Waals surface area (Å²) in [5.74, 6) is 6.05. The molecular weight excluding hydrogens is 200 g/mol. The van der Waals surface area contributed by atoms with E-state index in [-0.39, 0.29) is 6.04 Å². The van der Waals surface area contributed by atoms with Gasteiger partial charge in [0.2, 0.25) is 0 Å². The van der Waals surface area contributed by atoms with Crippen molar-refractivity contribution in [2.24, 2.45) is 11.8 Å². The van der Waals surface area contributed by atoms with Crippen LogP contribution in [0.2, 0.25) is 0 Å². The average molecular weight is 214 g/mol. The second kappa shape index (κ2) is 4.79. The Labute approximate surface area is 87.0 Å². The number of nitrogens with zero attached hydrogens (tertiary/aromatic N) is 2. The van der Waals surface area contributed by atoms with Crippen LogP contribution >= 0.6 is 11.7 Å². The van der Waals surface area contributed by atoms with E-state index in [0.29, 0.717) is 5.92 Å². The first kappa shape index (κ1) is 9.97. The number of hydrazine groups is 1. The van der Waals surface area contributed by atoms with Crippen LogP contribution in [-0.4, -0.2) is 22.0 Å². The molecule has 5 nitrogen and oxygen atoms in total. The van der Waals surface area contributed by atoms with Crippen LogP contribution in [0.25, 0.3) is 0 Å². The third kappa shape index (κ3) is 2.09. The molecule has 1 aliphatic heterocycles. The van der Waals surface area contributed by atoms with Crippen molar-refractivity contribution in [2.45, 2.75) is 18.9 Å². The van der Waals surface area contributed by atoms with Crippen LogP contribution in [0.15, 0.2) is 6.20 Å². The molecule has 1 aromatic rings. The van der Waals surface area contributed by atoms with E-state index in [2.05, 4.69) is 14.2 Å². The summed E-state index contributed by atoms with van der Waals surface area (Å²) in [5.41, 5.74) is 3.77. The van der Waals surface area contributed by atoms with Gasteiger partial charge in [0, 0.05) is 13.2 Å². The second-order valence-electron chi connectivity index (χ2n) is 3.43. The molecule has 0 amide bonds. The first-order chi connectivity index (χ1) is 6.92. The highest BCUT2D eigenvalue weighted by molar-refractivity contribution is 6.99. The van der Waals surface area contributed by atoms with Crippen molar-refractivity contribution < 1.29 is 4.74 Å². The SMILES string of the molecule is NNC(c1cnsn1)C1CCOCC1. The maximum absolute atomic E-state index is 5.54. The zero-order valence-electron chi connectivity index (χ0n) is 7.85. The normalized spacial score (nSPS) is 20.9. The molecule has 1 aromatic heterocycles. The van der Waals surface area contributed by atoms with Crippen LogP contribution < -0.4 is 11.3 Å². The zero-order chi connectivity index (χ0) is 9.80. The second-order valence-corrected chi connectivity index (χ2v) is 3.98. The molecule has 1 aliphatic rings. The van der Waals surface area contributed by atoms with Gasteiger partial charge < -0.3 is 4.74 Å². The van der Waals surface area contributed by atoms with Crippen LogP contribution in [0, 0.1) is 5.92 Å². The van der Waals surface area contributed by atoms with Gasteiger partial charge in [0.1, 0.15) is 0 Å². The number of hydrogen-bond donors (Lipinski definition) is 2. The highest BCUT2D eigenvalue weighted by Crippen LogP contribution is 2.28. The maximum Gasteiger partial charge on any atom is 0.0928 e. The van der Waals surface area contributed by atoms with Gasteiger partial charge in [-0.05, 0) is 18.8 Å². The molecule has 0 aliphatic carbocycles. The van der Waals surface area contributed by atoms with Crippen LogP contribution in [0.1, 0.15) is 24.6 Å². The molecule has 1 saturated heterocycles. The Morgan fingerprint density at radius 3 is 2.93 bits per heavy atom. The van der Waals surface area contributed by atoms with E-state index < -0.39 is 0 Å². The van der Waals surface area contributed by atoms with Crippen LogP contribution in [0.3, 0.4) is 0 Å². The predicted molar refractivity (Wildman–Crippen MR) is 53.5 cm³/mol. The van der Waals surface area contributed by atoms with Crippen molar-refractivity contribution in [3.63, 3.8) is 0 Å². The summed E-state index contributed by atoms with van der Waals surface area (Å²) in [7, 11) is 0. The van der Waals surface area contributed by atoms with Gasteiger partial charge in [-0.2, -0.15) is 8.75 Å². The van der Waals surface area contributed by atoms with Gasteiger partial charge in [0.15, 0.2) is 0 Å². The molecule has 0 spiro atoms. The minimum atomic E-state index is 0.123. The number of ether oxygens (including phenoxy) is 1. The number of rotatable bonds is 3. The third-order valence-corrected chi connectivity index (χ3v) is 3.11. The molecule has 3 N–H and O–H groups in total. The summed E-state index contributed by atoms with van der Waals surface area (Å²) in [6, 6.07) is 0.123. The molecule has 0 bridgehead atoms. The highest BCUT2D eigenvalue weighted by Gasteiger charge is 2.26. The fourth-order valence-electron chi connectivity index (χ4n) is 1.82. The summed E-state index contributed by atoms with van der Waals surface area (Å²) in [6.07, 6.45) is 3.85. The van der Waals surface area contributed by atoms with Crippen molar-refractivity contribution in [1.82, 2.24) is 14.2 Å². The third-order valence-electron chi connectivity index (χ3n) is 2.61. The van der Waals surface area contributed by atoms with Crippen LogP contribution in [0.5, 0.6) is 0 Å². The van der Waals surface area contributed by atoms with E-state index >= 15 is 0 Å². The Bertz CT molecular complexity index is 260. The number of hydrogen-bond acceptors (Lipinski definition) is 6. The minimum absolute atomic E-state index is 0.123. The number of aromatic nitrogens is 2. The Kier molecular flexibility index (Phi) is 3.41. The minimum Gasteiger partial charge on any atom is -0.381 e. The quantitative estimate of drug-likeness (QED) is 0.565. The molecule has 1 fully saturated rings. The van der Waals surface area contributed by atoms with Crippen molar-refractivity contribution in [3.05, 3.63) is 11.9 Å². The Morgan fingerprint density at radius 2 is 2.36 bits per heavy atom. The van der Waals surface area contributed by atoms with Gasteiger partial charge in [0.25, 0.3) is 0 Å². The van der Waals surface area contributed by atoms with Crippen molar-refractivity contribution in [1.29, 1.82) is 0 Å². The summed E-state index contributed by atoms with van der Waals surface area (Å²) in [6.45, 7) is 1.64. The lowest BCUT2D eigenvalue weighted by atomic mass is 9.90. The smallest absolute Gasteiger partial charge is 0.0928 e. The largest absolute Gasteiger partial charge is 0.381 e. The summed E-state index contributed by atoms with van der Waals surface area (Å²) in [5, 5.41) is 0. The van der Waals surface area contributed by atoms with Crippen molar-refractivity contribution in [2.75, 3.05) is 13.2 Å². The van der Waals surface area contributed by atoms with Gasteiger partial charge in [-0.3, -0.25) is 11.3 Å². The van der Waals surface area contributed by atoms with E-state index in [1.54, 1.807) is 6.20 Å². The maximum atomic E-state index is 5.54. The molecule has 1 unspecified atom stereocenters. The average Bonchev–Trinajstić information content (AvgIpc) is 2.74. The summed E-state index contributed by atoms with van der Waals surface area (Å²) in [4.78, 5) is 0. The first-order valence-electron chi connectivity index (χ1n) is 4.73. The van der Waals surface area contributed by atoms with Crippen molar-refractivity contribution >= 4 is 11.7 Å². The van der Waals surface area contributed by atoms with Crippen LogP contribution in [-0.2, 0) is 4.74 Å². The Balaban J connectivity index is 2.04.